The first-order chi connectivity index (χ1) is 8.49. The fourth-order valence-corrected chi connectivity index (χ4v) is 5.16. The molecule has 100 valence electrons. The maximum atomic E-state index is 12.3. The molecular formula is C12H16BrNO2S2. The van der Waals surface area contributed by atoms with Crippen molar-refractivity contribution in [1.29, 1.82) is 0 Å². The summed E-state index contributed by atoms with van der Waals surface area (Å²) in [5.41, 5.74) is 0.774. The Balaban J connectivity index is 2.21. The zero-order valence-electron chi connectivity index (χ0n) is 10.1. The van der Waals surface area contributed by atoms with Gasteiger partial charge in [0.05, 0.1) is 4.90 Å². The average molecular weight is 350 g/mol. The van der Waals surface area contributed by atoms with E-state index in [4.69, 9.17) is 0 Å². The lowest BCUT2D eigenvalue weighted by Gasteiger charge is -2.22. The number of benzene rings is 1. The highest BCUT2D eigenvalue weighted by Crippen LogP contribution is 2.23. The van der Waals surface area contributed by atoms with Crippen LogP contribution in [0.3, 0.4) is 0 Å². The van der Waals surface area contributed by atoms with E-state index in [-0.39, 0.29) is 6.04 Å². The van der Waals surface area contributed by atoms with E-state index in [0.717, 1.165) is 34.4 Å². The molecule has 0 bridgehead atoms. The van der Waals surface area contributed by atoms with E-state index in [0.29, 0.717) is 4.90 Å². The monoisotopic (exact) mass is 349 g/mol. The number of aryl methyl sites for hydroxylation is 1. The quantitative estimate of drug-likeness (QED) is 0.912. The zero-order chi connectivity index (χ0) is 13.2. The highest BCUT2D eigenvalue weighted by molar-refractivity contribution is 9.10. The van der Waals surface area contributed by atoms with Gasteiger partial charge in [-0.15, -0.1) is 0 Å². The van der Waals surface area contributed by atoms with Crippen LogP contribution in [0.15, 0.2) is 27.6 Å². The lowest BCUT2D eigenvalue weighted by molar-refractivity contribution is 0.528. The van der Waals surface area contributed by atoms with E-state index in [9.17, 15) is 8.42 Å². The van der Waals surface area contributed by atoms with Crippen molar-refractivity contribution in [3.8, 4) is 0 Å². The predicted molar refractivity (Wildman–Crippen MR) is 79.5 cm³/mol. The molecule has 0 atom stereocenters. The van der Waals surface area contributed by atoms with Gasteiger partial charge in [0.15, 0.2) is 0 Å². The number of thioether (sulfide) groups is 1. The van der Waals surface area contributed by atoms with Gasteiger partial charge in [0.2, 0.25) is 10.0 Å². The van der Waals surface area contributed by atoms with E-state index in [2.05, 4.69) is 20.7 Å². The SMILES string of the molecule is Cc1ccc(Br)cc1S(=O)(=O)NC1CCSCC1. The topological polar surface area (TPSA) is 46.2 Å². The molecule has 1 heterocycles. The van der Waals surface area contributed by atoms with Crippen LogP contribution in [0.1, 0.15) is 18.4 Å². The number of rotatable bonds is 3. The van der Waals surface area contributed by atoms with Gasteiger partial charge in [-0.3, -0.25) is 0 Å². The largest absolute Gasteiger partial charge is 0.241 e. The van der Waals surface area contributed by atoms with Crippen LogP contribution in [0.2, 0.25) is 0 Å². The van der Waals surface area contributed by atoms with E-state index in [1.165, 1.54) is 0 Å². The van der Waals surface area contributed by atoms with Crippen molar-refractivity contribution in [2.45, 2.75) is 30.7 Å². The Morgan fingerprint density at radius 3 is 2.67 bits per heavy atom. The molecule has 0 spiro atoms. The summed E-state index contributed by atoms with van der Waals surface area (Å²) in [6.07, 6.45) is 1.83. The summed E-state index contributed by atoms with van der Waals surface area (Å²) in [7, 11) is -3.40. The Hall–Kier alpha value is -0.0400. The van der Waals surface area contributed by atoms with Crippen LogP contribution in [0.5, 0.6) is 0 Å². The molecule has 0 unspecified atom stereocenters. The second-order valence-electron chi connectivity index (χ2n) is 4.42. The highest BCUT2D eigenvalue weighted by atomic mass is 79.9. The Kier molecular flexibility index (Phi) is 4.75. The smallest absolute Gasteiger partial charge is 0.208 e. The summed E-state index contributed by atoms with van der Waals surface area (Å²) in [5, 5.41) is 0. The molecule has 2 rings (SSSR count). The molecule has 1 aromatic rings. The summed E-state index contributed by atoms with van der Waals surface area (Å²) in [6.45, 7) is 1.82. The van der Waals surface area contributed by atoms with Gasteiger partial charge < -0.3 is 0 Å². The van der Waals surface area contributed by atoms with Crippen LogP contribution >= 0.6 is 27.7 Å². The molecule has 1 fully saturated rings. The third-order valence-electron chi connectivity index (χ3n) is 2.98. The maximum Gasteiger partial charge on any atom is 0.241 e. The molecule has 0 radical (unpaired) electrons. The Morgan fingerprint density at radius 1 is 1.33 bits per heavy atom. The van der Waals surface area contributed by atoms with Crippen molar-refractivity contribution >= 4 is 37.7 Å². The fraction of sp³-hybridized carbons (Fsp3) is 0.500. The lowest BCUT2D eigenvalue weighted by Crippen LogP contribution is -2.37. The van der Waals surface area contributed by atoms with E-state index < -0.39 is 10.0 Å². The Bertz CT molecular complexity index is 525. The first-order valence-corrected chi connectivity index (χ1v) is 9.28. The van der Waals surface area contributed by atoms with E-state index in [1.807, 2.05) is 30.8 Å². The minimum atomic E-state index is -3.40. The predicted octanol–water partition coefficient (Wildman–Crippen LogP) is 2.93. The minimum Gasteiger partial charge on any atom is -0.208 e. The van der Waals surface area contributed by atoms with Gasteiger partial charge >= 0.3 is 0 Å². The fourth-order valence-electron chi connectivity index (χ4n) is 1.96. The average Bonchev–Trinajstić information content (AvgIpc) is 2.33. The second kappa shape index (κ2) is 5.94. The van der Waals surface area contributed by atoms with Crippen molar-refractivity contribution < 1.29 is 8.42 Å². The van der Waals surface area contributed by atoms with Crippen molar-refractivity contribution in [3.63, 3.8) is 0 Å². The van der Waals surface area contributed by atoms with Gasteiger partial charge in [0, 0.05) is 10.5 Å². The molecule has 1 N–H and O–H groups in total. The van der Waals surface area contributed by atoms with Gasteiger partial charge in [-0.2, -0.15) is 11.8 Å². The number of halogens is 1. The second-order valence-corrected chi connectivity index (χ2v) is 8.24. The molecular weight excluding hydrogens is 334 g/mol. The molecule has 18 heavy (non-hydrogen) atoms. The summed E-state index contributed by atoms with van der Waals surface area (Å²) in [6, 6.07) is 5.41. The molecule has 1 aliphatic rings. The summed E-state index contributed by atoms with van der Waals surface area (Å²) >= 11 is 5.20. The van der Waals surface area contributed by atoms with Gasteiger partial charge in [-0.1, -0.05) is 22.0 Å². The zero-order valence-corrected chi connectivity index (χ0v) is 13.4. The summed E-state index contributed by atoms with van der Waals surface area (Å²) < 4.78 is 28.3. The molecule has 1 saturated heterocycles. The first-order valence-electron chi connectivity index (χ1n) is 5.85. The van der Waals surface area contributed by atoms with Crippen LogP contribution in [-0.4, -0.2) is 26.0 Å². The van der Waals surface area contributed by atoms with Crippen LogP contribution in [0.4, 0.5) is 0 Å². The molecule has 6 heteroatoms. The van der Waals surface area contributed by atoms with Crippen molar-refractivity contribution in [2.75, 3.05) is 11.5 Å². The number of sulfonamides is 1. The minimum absolute atomic E-state index is 0.0784. The van der Waals surface area contributed by atoms with Crippen LogP contribution in [0.25, 0.3) is 0 Å². The standard InChI is InChI=1S/C12H16BrNO2S2/c1-9-2-3-10(13)8-12(9)18(15,16)14-11-4-6-17-7-5-11/h2-3,8,11,14H,4-7H2,1H3. The van der Waals surface area contributed by atoms with Gasteiger partial charge in [-0.25, -0.2) is 13.1 Å². The summed E-state index contributed by atoms with van der Waals surface area (Å²) in [5.74, 6) is 2.06. The first kappa shape index (κ1) is 14.4. The van der Waals surface area contributed by atoms with Crippen molar-refractivity contribution in [1.82, 2.24) is 4.72 Å². The van der Waals surface area contributed by atoms with Crippen LogP contribution < -0.4 is 4.72 Å². The Labute approximate surface area is 121 Å². The number of hydrogen-bond acceptors (Lipinski definition) is 3. The highest BCUT2D eigenvalue weighted by Gasteiger charge is 2.23. The molecule has 0 saturated carbocycles. The molecule has 0 aromatic heterocycles. The summed E-state index contributed by atoms with van der Waals surface area (Å²) in [4.78, 5) is 0.370. The normalized spacial score (nSPS) is 17.9. The van der Waals surface area contributed by atoms with Gasteiger partial charge in [0.1, 0.15) is 0 Å². The third-order valence-corrected chi connectivity index (χ3v) is 6.19. The van der Waals surface area contributed by atoms with Gasteiger partial charge in [-0.05, 0) is 49.0 Å². The molecule has 0 aliphatic carbocycles. The third kappa shape index (κ3) is 3.50. The van der Waals surface area contributed by atoms with Crippen LogP contribution in [0, 0.1) is 6.92 Å². The van der Waals surface area contributed by atoms with Crippen molar-refractivity contribution in [2.24, 2.45) is 0 Å². The molecule has 1 aromatic carbocycles. The van der Waals surface area contributed by atoms with E-state index >= 15 is 0 Å². The Morgan fingerprint density at radius 2 is 2.00 bits per heavy atom. The number of nitrogens with one attached hydrogen (secondary N) is 1. The molecule has 3 nitrogen and oxygen atoms in total. The van der Waals surface area contributed by atoms with Crippen molar-refractivity contribution in [3.05, 3.63) is 28.2 Å². The van der Waals surface area contributed by atoms with Gasteiger partial charge in [0.25, 0.3) is 0 Å². The lowest BCUT2D eigenvalue weighted by atomic mass is 10.2. The maximum absolute atomic E-state index is 12.3. The number of hydrogen-bond donors (Lipinski definition) is 1. The van der Waals surface area contributed by atoms with Crippen LogP contribution in [-0.2, 0) is 10.0 Å². The molecule has 0 amide bonds. The van der Waals surface area contributed by atoms with E-state index in [1.54, 1.807) is 6.07 Å². The molecule has 1 aliphatic heterocycles.